The van der Waals surface area contributed by atoms with Crippen LogP contribution in [0.3, 0.4) is 0 Å². The lowest BCUT2D eigenvalue weighted by Crippen LogP contribution is -2.24. The Balaban J connectivity index is 2.10. The van der Waals surface area contributed by atoms with E-state index in [2.05, 4.69) is 0 Å². The molecule has 0 saturated carbocycles. The van der Waals surface area contributed by atoms with Crippen molar-refractivity contribution in [2.45, 2.75) is 12.5 Å². The molecule has 2 rings (SSSR count). The van der Waals surface area contributed by atoms with Gasteiger partial charge in [0.1, 0.15) is 12.4 Å². The topological polar surface area (TPSA) is 79.3 Å². The molecule has 0 aromatic heterocycles. The maximum absolute atomic E-state index is 9.61. The van der Waals surface area contributed by atoms with Gasteiger partial charge in [0.05, 0.1) is 11.9 Å². The number of amidine groups is 1. The first-order valence-corrected chi connectivity index (χ1v) is 5.78. The van der Waals surface area contributed by atoms with E-state index in [1.807, 2.05) is 42.5 Å². The normalized spacial score (nSPS) is 12.3. The van der Waals surface area contributed by atoms with Gasteiger partial charge in [-0.05, 0) is 11.5 Å². The van der Waals surface area contributed by atoms with Gasteiger partial charge in [0, 0.05) is 11.8 Å². The average molecular weight is 244 g/mol. The molecule has 0 aliphatic heterocycles. The third-order valence-electron chi connectivity index (χ3n) is 2.64. The smallest absolute Gasteiger partial charge is 0.127 e. The van der Waals surface area contributed by atoms with Gasteiger partial charge in [-0.25, -0.2) is 0 Å². The molecule has 0 amide bonds. The van der Waals surface area contributed by atoms with E-state index in [9.17, 15) is 5.11 Å². The third kappa shape index (κ3) is 2.99. The zero-order valence-electron chi connectivity index (χ0n) is 9.97. The molecule has 0 heterocycles. The van der Waals surface area contributed by atoms with Gasteiger partial charge < -0.3 is 15.6 Å². The van der Waals surface area contributed by atoms with Crippen molar-refractivity contribution in [1.29, 1.82) is 5.41 Å². The van der Waals surface area contributed by atoms with Crippen LogP contribution in [0.15, 0.2) is 42.5 Å². The number of aliphatic hydroxyl groups is 1. The van der Waals surface area contributed by atoms with E-state index in [4.69, 9.17) is 15.9 Å². The molecule has 94 valence electrons. The summed E-state index contributed by atoms with van der Waals surface area (Å²) in [6.45, 7) is 0.133. The number of nitrogens with two attached hydrogens (primary N) is 1. The molecule has 0 aliphatic rings. The average Bonchev–Trinajstić information content (AvgIpc) is 2.35. The van der Waals surface area contributed by atoms with Gasteiger partial charge in [0.2, 0.25) is 0 Å². The van der Waals surface area contributed by atoms with Crippen LogP contribution >= 0.6 is 0 Å². The predicted molar refractivity (Wildman–Crippen MR) is 72.0 cm³/mol. The zero-order valence-corrected chi connectivity index (χ0v) is 9.97. The Kier molecular flexibility index (Phi) is 3.79. The number of hydrogen-bond donors (Lipinski definition) is 3. The van der Waals surface area contributed by atoms with E-state index in [1.165, 1.54) is 0 Å². The standard InChI is InChI=1S/C14H16N2O2/c15-14(16)8-11(17)9-18-13-7-3-5-10-4-1-2-6-12(10)13/h1-7,11,17H,8-9H2,(H3,15,16). The monoisotopic (exact) mass is 244 g/mol. The van der Waals surface area contributed by atoms with Crippen LogP contribution in [0.2, 0.25) is 0 Å². The number of fused-ring (bicyclic) bond motifs is 1. The maximum Gasteiger partial charge on any atom is 0.127 e. The minimum Gasteiger partial charge on any atom is -0.490 e. The van der Waals surface area contributed by atoms with Gasteiger partial charge in [-0.3, -0.25) is 5.41 Å². The van der Waals surface area contributed by atoms with Gasteiger partial charge in [-0.1, -0.05) is 36.4 Å². The van der Waals surface area contributed by atoms with Crippen molar-refractivity contribution in [3.05, 3.63) is 42.5 Å². The van der Waals surface area contributed by atoms with Gasteiger partial charge in [0.25, 0.3) is 0 Å². The lowest BCUT2D eigenvalue weighted by atomic mass is 10.1. The molecule has 4 nitrogen and oxygen atoms in total. The first kappa shape index (κ1) is 12.4. The summed E-state index contributed by atoms with van der Waals surface area (Å²) in [6.07, 6.45) is -0.619. The second-order valence-corrected chi connectivity index (χ2v) is 4.17. The molecule has 0 spiro atoms. The van der Waals surface area contributed by atoms with Crippen LogP contribution in [0.5, 0.6) is 5.75 Å². The number of hydrogen-bond acceptors (Lipinski definition) is 3. The van der Waals surface area contributed by atoms with E-state index in [0.717, 1.165) is 16.5 Å². The molecule has 1 atom stereocenters. The van der Waals surface area contributed by atoms with Crippen molar-refractivity contribution >= 4 is 16.6 Å². The number of benzene rings is 2. The maximum atomic E-state index is 9.61. The van der Waals surface area contributed by atoms with Gasteiger partial charge in [-0.15, -0.1) is 0 Å². The first-order valence-electron chi connectivity index (χ1n) is 5.78. The SMILES string of the molecule is N=C(N)CC(O)COc1cccc2ccccc12. The molecule has 0 radical (unpaired) electrons. The third-order valence-corrected chi connectivity index (χ3v) is 2.64. The van der Waals surface area contributed by atoms with Gasteiger partial charge >= 0.3 is 0 Å². The zero-order chi connectivity index (χ0) is 13.0. The predicted octanol–water partition coefficient (Wildman–Crippen LogP) is 1.91. The van der Waals surface area contributed by atoms with Crippen molar-refractivity contribution < 1.29 is 9.84 Å². The Labute approximate surface area is 106 Å². The van der Waals surface area contributed by atoms with Crippen LogP contribution < -0.4 is 10.5 Å². The molecule has 0 aliphatic carbocycles. The summed E-state index contributed by atoms with van der Waals surface area (Å²) in [5.41, 5.74) is 5.22. The quantitative estimate of drug-likeness (QED) is 0.555. The Morgan fingerprint density at radius 3 is 2.72 bits per heavy atom. The highest BCUT2D eigenvalue weighted by Gasteiger charge is 2.08. The summed E-state index contributed by atoms with van der Waals surface area (Å²) in [6, 6.07) is 13.7. The fraction of sp³-hybridized carbons (Fsp3) is 0.214. The first-order chi connectivity index (χ1) is 8.66. The molecule has 2 aromatic carbocycles. The lowest BCUT2D eigenvalue weighted by Gasteiger charge is -2.13. The highest BCUT2D eigenvalue weighted by atomic mass is 16.5. The summed E-state index contributed by atoms with van der Waals surface area (Å²) in [7, 11) is 0. The minimum absolute atomic E-state index is 0.0379. The molecule has 0 bridgehead atoms. The van der Waals surface area contributed by atoms with Gasteiger partial charge in [-0.2, -0.15) is 0 Å². The largest absolute Gasteiger partial charge is 0.490 e. The lowest BCUT2D eigenvalue weighted by molar-refractivity contribution is 0.114. The highest BCUT2D eigenvalue weighted by molar-refractivity contribution is 5.88. The van der Waals surface area contributed by atoms with Gasteiger partial charge in [0.15, 0.2) is 0 Å². The minimum atomic E-state index is -0.749. The summed E-state index contributed by atoms with van der Waals surface area (Å²) in [5.74, 6) is 0.694. The van der Waals surface area contributed by atoms with Crippen molar-refractivity contribution in [2.75, 3.05) is 6.61 Å². The Morgan fingerprint density at radius 1 is 1.22 bits per heavy atom. The molecule has 18 heavy (non-hydrogen) atoms. The second kappa shape index (κ2) is 5.51. The summed E-state index contributed by atoms with van der Waals surface area (Å²) < 4.78 is 5.58. The van der Waals surface area contributed by atoms with E-state index in [-0.39, 0.29) is 18.9 Å². The van der Waals surface area contributed by atoms with Crippen LogP contribution in [0, 0.1) is 5.41 Å². The van der Waals surface area contributed by atoms with Crippen molar-refractivity contribution in [3.8, 4) is 5.75 Å². The fourth-order valence-electron chi connectivity index (χ4n) is 1.82. The van der Waals surface area contributed by atoms with Crippen LogP contribution in [0.25, 0.3) is 10.8 Å². The highest BCUT2D eigenvalue weighted by Crippen LogP contribution is 2.25. The summed E-state index contributed by atoms with van der Waals surface area (Å²) in [4.78, 5) is 0. The second-order valence-electron chi connectivity index (χ2n) is 4.17. The number of rotatable bonds is 5. The number of aliphatic hydroxyl groups excluding tert-OH is 1. The fourth-order valence-corrected chi connectivity index (χ4v) is 1.82. The van der Waals surface area contributed by atoms with E-state index in [0.29, 0.717) is 0 Å². The molecule has 1 unspecified atom stereocenters. The van der Waals surface area contributed by atoms with E-state index in [1.54, 1.807) is 0 Å². The van der Waals surface area contributed by atoms with E-state index < -0.39 is 6.10 Å². The van der Waals surface area contributed by atoms with Crippen LogP contribution in [0.1, 0.15) is 6.42 Å². The summed E-state index contributed by atoms with van der Waals surface area (Å²) >= 11 is 0. The van der Waals surface area contributed by atoms with Crippen LogP contribution in [-0.4, -0.2) is 23.7 Å². The van der Waals surface area contributed by atoms with Crippen molar-refractivity contribution in [2.24, 2.45) is 5.73 Å². The van der Waals surface area contributed by atoms with Crippen LogP contribution in [-0.2, 0) is 0 Å². The Hall–Kier alpha value is -2.07. The Morgan fingerprint density at radius 2 is 1.94 bits per heavy atom. The molecule has 0 saturated heterocycles. The molecular weight excluding hydrogens is 228 g/mol. The van der Waals surface area contributed by atoms with Crippen molar-refractivity contribution in [3.63, 3.8) is 0 Å². The molecular formula is C14H16N2O2. The van der Waals surface area contributed by atoms with Crippen molar-refractivity contribution in [1.82, 2.24) is 0 Å². The molecule has 2 aromatic rings. The van der Waals surface area contributed by atoms with Crippen LogP contribution in [0.4, 0.5) is 0 Å². The molecule has 4 N–H and O–H groups in total. The summed E-state index contributed by atoms with van der Waals surface area (Å²) in [5, 5.41) is 18.8. The molecule has 0 fully saturated rings. The van der Waals surface area contributed by atoms with E-state index >= 15 is 0 Å². The Bertz CT molecular complexity index is 549. The number of ether oxygens (including phenoxy) is 1. The molecule has 4 heteroatoms. The number of nitrogens with one attached hydrogen (secondary N) is 1.